The highest BCUT2D eigenvalue weighted by molar-refractivity contribution is 5.85. The molecule has 0 spiro atoms. The molecule has 2 rings (SSSR count). The SMILES string of the molecule is CC(CC(=O)NCCCCC1CCCC1)C1CCNCC1.Cl. The Bertz CT molecular complexity index is 299. The van der Waals surface area contributed by atoms with Crippen molar-refractivity contribution in [2.45, 2.75) is 71.1 Å². The summed E-state index contributed by atoms with van der Waals surface area (Å²) in [7, 11) is 0. The van der Waals surface area contributed by atoms with Crippen molar-refractivity contribution >= 4 is 18.3 Å². The van der Waals surface area contributed by atoms with Gasteiger partial charge in [0.1, 0.15) is 0 Å². The van der Waals surface area contributed by atoms with Crippen LogP contribution in [-0.2, 0) is 4.79 Å². The minimum Gasteiger partial charge on any atom is -0.356 e. The van der Waals surface area contributed by atoms with Crippen LogP contribution >= 0.6 is 12.4 Å². The number of carbonyl (C=O) groups excluding carboxylic acids is 1. The quantitative estimate of drug-likeness (QED) is 0.662. The molecule has 0 radical (unpaired) electrons. The summed E-state index contributed by atoms with van der Waals surface area (Å²) in [6.45, 7) is 5.37. The number of hydrogen-bond acceptors (Lipinski definition) is 2. The first kappa shape index (κ1) is 19.8. The molecule has 1 saturated carbocycles. The summed E-state index contributed by atoms with van der Waals surface area (Å²) in [5, 5.41) is 6.52. The molecule has 2 aliphatic rings. The molecule has 1 aliphatic carbocycles. The molecule has 22 heavy (non-hydrogen) atoms. The fourth-order valence-electron chi connectivity index (χ4n) is 4.03. The van der Waals surface area contributed by atoms with Crippen LogP contribution < -0.4 is 10.6 Å². The fraction of sp³-hybridized carbons (Fsp3) is 0.944. The molecule has 1 unspecified atom stereocenters. The Morgan fingerprint density at radius 1 is 1.14 bits per heavy atom. The summed E-state index contributed by atoms with van der Waals surface area (Å²) in [4.78, 5) is 12.0. The summed E-state index contributed by atoms with van der Waals surface area (Å²) in [6.07, 6.45) is 12.8. The molecular weight excluding hydrogens is 296 g/mol. The molecule has 1 aliphatic heterocycles. The number of hydrogen-bond donors (Lipinski definition) is 2. The normalized spacial score (nSPS) is 21.3. The zero-order chi connectivity index (χ0) is 14.9. The lowest BCUT2D eigenvalue weighted by atomic mass is 9.84. The lowest BCUT2D eigenvalue weighted by molar-refractivity contribution is -0.122. The molecule has 0 aromatic carbocycles. The van der Waals surface area contributed by atoms with Gasteiger partial charge in [-0.05, 0) is 50.1 Å². The van der Waals surface area contributed by atoms with Gasteiger partial charge in [-0.1, -0.05) is 45.4 Å². The minimum absolute atomic E-state index is 0. The molecule has 2 fully saturated rings. The Morgan fingerprint density at radius 2 is 1.82 bits per heavy atom. The van der Waals surface area contributed by atoms with Crippen LogP contribution in [0.5, 0.6) is 0 Å². The third-order valence-electron chi connectivity index (χ3n) is 5.53. The van der Waals surface area contributed by atoms with E-state index in [1.54, 1.807) is 0 Å². The highest BCUT2D eigenvalue weighted by Gasteiger charge is 2.21. The van der Waals surface area contributed by atoms with Crippen LogP contribution in [0.25, 0.3) is 0 Å². The lowest BCUT2D eigenvalue weighted by Gasteiger charge is -2.27. The summed E-state index contributed by atoms with van der Waals surface area (Å²) >= 11 is 0. The summed E-state index contributed by atoms with van der Waals surface area (Å²) in [6, 6.07) is 0. The highest BCUT2D eigenvalue weighted by Crippen LogP contribution is 2.28. The minimum atomic E-state index is 0. The number of amides is 1. The molecule has 2 N–H and O–H groups in total. The molecule has 1 saturated heterocycles. The largest absolute Gasteiger partial charge is 0.356 e. The van der Waals surface area contributed by atoms with E-state index in [4.69, 9.17) is 0 Å². The Balaban J connectivity index is 0.00000242. The van der Waals surface area contributed by atoms with Gasteiger partial charge < -0.3 is 10.6 Å². The number of unbranched alkanes of at least 4 members (excludes halogenated alkanes) is 1. The van der Waals surface area contributed by atoms with Gasteiger partial charge in [0.05, 0.1) is 0 Å². The predicted molar refractivity (Wildman–Crippen MR) is 95.4 cm³/mol. The van der Waals surface area contributed by atoms with Crippen molar-refractivity contribution in [3.63, 3.8) is 0 Å². The molecule has 0 aromatic heterocycles. The first-order valence-corrected chi connectivity index (χ1v) is 9.23. The second-order valence-electron chi connectivity index (χ2n) is 7.27. The van der Waals surface area contributed by atoms with Gasteiger partial charge in [-0.15, -0.1) is 12.4 Å². The van der Waals surface area contributed by atoms with Crippen molar-refractivity contribution in [3.8, 4) is 0 Å². The van der Waals surface area contributed by atoms with Gasteiger partial charge in [0.25, 0.3) is 0 Å². The number of rotatable bonds is 8. The average Bonchev–Trinajstić information content (AvgIpc) is 3.01. The van der Waals surface area contributed by atoms with Crippen LogP contribution in [-0.4, -0.2) is 25.5 Å². The van der Waals surface area contributed by atoms with E-state index in [9.17, 15) is 4.79 Å². The third-order valence-corrected chi connectivity index (χ3v) is 5.53. The van der Waals surface area contributed by atoms with Crippen molar-refractivity contribution < 1.29 is 4.79 Å². The Labute approximate surface area is 142 Å². The number of carbonyl (C=O) groups is 1. The number of piperidine rings is 1. The smallest absolute Gasteiger partial charge is 0.220 e. The maximum atomic E-state index is 12.0. The summed E-state index contributed by atoms with van der Waals surface area (Å²) < 4.78 is 0. The molecule has 1 atom stereocenters. The maximum absolute atomic E-state index is 12.0. The molecule has 0 bridgehead atoms. The first-order chi connectivity index (χ1) is 10.3. The Morgan fingerprint density at radius 3 is 2.50 bits per heavy atom. The van der Waals surface area contributed by atoms with Gasteiger partial charge in [-0.3, -0.25) is 4.79 Å². The van der Waals surface area contributed by atoms with Crippen LogP contribution in [0.2, 0.25) is 0 Å². The Hall–Kier alpha value is -0.280. The van der Waals surface area contributed by atoms with E-state index in [-0.39, 0.29) is 18.3 Å². The van der Waals surface area contributed by atoms with Crippen molar-refractivity contribution in [2.75, 3.05) is 19.6 Å². The highest BCUT2D eigenvalue weighted by atomic mass is 35.5. The molecule has 0 aromatic rings. The average molecular weight is 331 g/mol. The van der Waals surface area contributed by atoms with E-state index in [2.05, 4.69) is 17.6 Å². The number of nitrogens with one attached hydrogen (secondary N) is 2. The van der Waals surface area contributed by atoms with Crippen molar-refractivity contribution in [1.82, 2.24) is 10.6 Å². The molecule has 1 heterocycles. The topological polar surface area (TPSA) is 41.1 Å². The van der Waals surface area contributed by atoms with E-state index < -0.39 is 0 Å². The Kier molecular flexibility index (Phi) is 10.1. The molecule has 1 amide bonds. The van der Waals surface area contributed by atoms with E-state index in [0.717, 1.165) is 37.9 Å². The fourth-order valence-corrected chi connectivity index (χ4v) is 4.03. The van der Waals surface area contributed by atoms with Gasteiger partial charge in [0, 0.05) is 13.0 Å². The summed E-state index contributed by atoms with van der Waals surface area (Å²) in [5.74, 6) is 2.52. The van der Waals surface area contributed by atoms with Crippen LogP contribution in [0, 0.1) is 17.8 Å². The second kappa shape index (κ2) is 11.3. The molecule has 3 nitrogen and oxygen atoms in total. The third kappa shape index (κ3) is 7.32. The van der Waals surface area contributed by atoms with Gasteiger partial charge >= 0.3 is 0 Å². The van der Waals surface area contributed by atoms with Crippen LogP contribution in [0.3, 0.4) is 0 Å². The lowest BCUT2D eigenvalue weighted by Crippen LogP contribution is -2.33. The summed E-state index contributed by atoms with van der Waals surface area (Å²) in [5.41, 5.74) is 0. The predicted octanol–water partition coefficient (Wildman–Crippen LogP) is 3.91. The van der Waals surface area contributed by atoms with E-state index in [1.165, 1.54) is 51.4 Å². The molecular formula is C18H35ClN2O. The van der Waals surface area contributed by atoms with Gasteiger partial charge in [-0.2, -0.15) is 0 Å². The monoisotopic (exact) mass is 330 g/mol. The van der Waals surface area contributed by atoms with Crippen molar-refractivity contribution in [3.05, 3.63) is 0 Å². The van der Waals surface area contributed by atoms with Gasteiger partial charge in [-0.25, -0.2) is 0 Å². The standard InChI is InChI=1S/C18H34N2O.ClH/c1-15(17-9-12-19-13-10-17)14-18(21)20-11-5-4-8-16-6-2-3-7-16;/h15-17,19H,2-14H2,1H3,(H,20,21);1H. The van der Waals surface area contributed by atoms with Crippen LogP contribution in [0.15, 0.2) is 0 Å². The van der Waals surface area contributed by atoms with Crippen LogP contribution in [0.1, 0.15) is 71.1 Å². The zero-order valence-corrected chi connectivity index (χ0v) is 15.1. The van der Waals surface area contributed by atoms with Crippen molar-refractivity contribution in [1.29, 1.82) is 0 Å². The van der Waals surface area contributed by atoms with E-state index in [1.807, 2.05) is 0 Å². The van der Waals surface area contributed by atoms with Crippen molar-refractivity contribution in [2.24, 2.45) is 17.8 Å². The van der Waals surface area contributed by atoms with Gasteiger partial charge in [0.2, 0.25) is 5.91 Å². The van der Waals surface area contributed by atoms with E-state index in [0.29, 0.717) is 12.3 Å². The number of halogens is 1. The van der Waals surface area contributed by atoms with Gasteiger partial charge in [0.15, 0.2) is 0 Å². The molecule has 4 heteroatoms. The van der Waals surface area contributed by atoms with E-state index >= 15 is 0 Å². The first-order valence-electron chi connectivity index (χ1n) is 9.23. The molecule has 130 valence electrons. The maximum Gasteiger partial charge on any atom is 0.220 e. The van der Waals surface area contributed by atoms with Crippen LogP contribution in [0.4, 0.5) is 0 Å². The zero-order valence-electron chi connectivity index (χ0n) is 14.2. The second-order valence-corrected chi connectivity index (χ2v) is 7.27.